The second-order valence-electron chi connectivity index (χ2n) is 4.57. The van der Waals surface area contributed by atoms with E-state index in [0.29, 0.717) is 10.9 Å². The van der Waals surface area contributed by atoms with Crippen LogP contribution in [0.1, 0.15) is 24.1 Å². The Kier molecular flexibility index (Phi) is 5.76. The summed E-state index contributed by atoms with van der Waals surface area (Å²) in [5, 5.41) is 3.43. The van der Waals surface area contributed by atoms with E-state index in [0.717, 1.165) is 27.0 Å². The first kappa shape index (κ1) is 16.4. The molecule has 0 saturated carbocycles. The molecule has 1 N–H and O–H groups in total. The molecule has 0 saturated heterocycles. The van der Waals surface area contributed by atoms with Crippen LogP contribution in [0.15, 0.2) is 24.3 Å². The molecule has 21 heavy (non-hydrogen) atoms. The lowest BCUT2D eigenvalue weighted by molar-refractivity contribution is 0.354. The van der Waals surface area contributed by atoms with Crippen molar-refractivity contribution in [2.45, 2.75) is 19.5 Å². The van der Waals surface area contributed by atoms with E-state index in [9.17, 15) is 0 Å². The average Bonchev–Trinajstić information content (AvgIpc) is 2.83. The number of hydrogen-bond acceptors (Lipinski definition) is 4. The molecule has 1 aromatic heterocycles. The van der Waals surface area contributed by atoms with Crippen molar-refractivity contribution in [2.24, 2.45) is 0 Å². The summed E-state index contributed by atoms with van der Waals surface area (Å²) in [5.74, 6) is 1.45. The number of hydrogen-bond donors (Lipinski definition) is 1. The zero-order chi connectivity index (χ0) is 15.4. The fraction of sp³-hybridized carbons (Fsp3) is 0.333. The third kappa shape index (κ3) is 4.04. The molecule has 0 bridgehead atoms. The number of methoxy groups -OCH3 is 2. The largest absolute Gasteiger partial charge is 0.493 e. The molecule has 2 rings (SSSR count). The number of thiophene rings is 1. The van der Waals surface area contributed by atoms with Gasteiger partial charge in [0, 0.05) is 12.6 Å². The minimum atomic E-state index is 0.120. The minimum absolute atomic E-state index is 0.120. The van der Waals surface area contributed by atoms with E-state index < -0.39 is 0 Å². The summed E-state index contributed by atoms with van der Waals surface area (Å²) in [5.41, 5.74) is 2.13. The molecular formula is C15H17Cl2NO2S. The molecule has 0 spiro atoms. The second kappa shape index (κ2) is 7.36. The van der Waals surface area contributed by atoms with Gasteiger partial charge in [-0.1, -0.05) is 29.3 Å². The molecule has 0 fully saturated rings. The van der Waals surface area contributed by atoms with Crippen LogP contribution in [-0.2, 0) is 6.54 Å². The molecule has 0 aliphatic heterocycles. The Morgan fingerprint density at radius 1 is 1.14 bits per heavy atom. The molecule has 3 nitrogen and oxygen atoms in total. The fourth-order valence-electron chi connectivity index (χ4n) is 2.02. The quantitative estimate of drug-likeness (QED) is 0.805. The van der Waals surface area contributed by atoms with E-state index in [1.807, 2.05) is 24.3 Å². The van der Waals surface area contributed by atoms with E-state index in [1.165, 1.54) is 11.3 Å². The lowest BCUT2D eigenvalue weighted by Crippen LogP contribution is -2.17. The Morgan fingerprint density at radius 3 is 2.43 bits per heavy atom. The Labute approximate surface area is 138 Å². The minimum Gasteiger partial charge on any atom is -0.493 e. The lowest BCUT2D eigenvalue weighted by atomic mass is 10.1. The molecule has 0 amide bonds. The standard InChI is InChI=1S/C15H17Cl2NO2S/c1-9(11-7-14(16)21-15(11)17)18-8-10-4-5-12(19-2)13(6-10)20-3/h4-7,9,18H,8H2,1-3H3. The van der Waals surface area contributed by atoms with Crippen LogP contribution in [0.4, 0.5) is 0 Å². The van der Waals surface area contributed by atoms with Gasteiger partial charge in [0.05, 0.1) is 22.9 Å². The van der Waals surface area contributed by atoms with E-state index in [2.05, 4.69) is 12.2 Å². The van der Waals surface area contributed by atoms with Crippen molar-refractivity contribution in [1.29, 1.82) is 0 Å². The highest BCUT2D eigenvalue weighted by molar-refractivity contribution is 7.20. The van der Waals surface area contributed by atoms with Gasteiger partial charge < -0.3 is 14.8 Å². The average molecular weight is 346 g/mol. The van der Waals surface area contributed by atoms with Crippen LogP contribution in [0.3, 0.4) is 0 Å². The maximum absolute atomic E-state index is 6.17. The summed E-state index contributed by atoms with van der Waals surface area (Å²) in [6, 6.07) is 7.88. The van der Waals surface area contributed by atoms with Gasteiger partial charge in [-0.2, -0.15) is 0 Å². The number of nitrogens with one attached hydrogen (secondary N) is 1. The molecule has 1 unspecified atom stereocenters. The maximum Gasteiger partial charge on any atom is 0.161 e. The zero-order valence-electron chi connectivity index (χ0n) is 12.1. The first-order valence-electron chi connectivity index (χ1n) is 6.44. The van der Waals surface area contributed by atoms with Crippen molar-refractivity contribution in [3.63, 3.8) is 0 Å². The molecule has 0 aliphatic rings. The Morgan fingerprint density at radius 2 is 1.86 bits per heavy atom. The maximum atomic E-state index is 6.17. The third-order valence-electron chi connectivity index (χ3n) is 3.21. The van der Waals surface area contributed by atoms with E-state index in [1.54, 1.807) is 14.2 Å². The van der Waals surface area contributed by atoms with Crippen LogP contribution in [0, 0.1) is 0 Å². The van der Waals surface area contributed by atoms with Crippen LogP contribution in [-0.4, -0.2) is 14.2 Å². The summed E-state index contributed by atoms with van der Waals surface area (Å²) >= 11 is 13.5. The van der Waals surface area contributed by atoms with E-state index in [-0.39, 0.29) is 6.04 Å². The van der Waals surface area contributed by atoms with Gasteiger partial charge >= 0.3 is 0 Å². The number of halogens is 2. The summed E-state index contributed by atoms with van der Waals surface area (Å²) in [7, 11) is 3.25. The lowest BCUT2D eigenvalue weighted by Gasteiger charge is -2.14. The molecule has 1 atom stereocenters. The van der Waals surface area contributed by atoms with E-state index in [4.69, 9.17) is 32.7 Å². The smallest absolute Gasteiger partial charge is 0.161 e. The molecular weight excluding hydrogens is 329 g/mol. The van der Waals surface area contributed by atoms with Gasteiger partial charge in [0.2, 0.25) is 0 Å². The molecule has 6 heteroatoms. The van der Waals surface area contributed by atoms with Crippen LogP contribution >= 0.6 is 34.5 Å². The van der Waals surface area contributed by atoms with Crippen LogP contribution in [0.2, 0.25) is 8.67 Å². The highest BCUT2D eigenvalue weighted by atomic mass is 35.5. The third-order valence-corrected chi connectivity index (χ3v) is 4.73. The highest BCUT2D eigenvalue weighted by Crippen LogP contribution is 2.35. The first-order chi connectivity index (χ1) is 10.0. The van der Waals surface area contributed by atoms with Gasteiger partial charge in [0.1, 0.15) is 0 Å². The Balaban J connectivity index is 2.04. The van der Waals surface area contributed by atoms with Crippen molar-refractivity contribution in [3.05, 3.63) is 44.1 Å². The van der Waals surface area contributed by atoms with Crippen LogP contribution in [0.5, 0.6) is 11.5 Å². The van der Waals surface area contributed by atoms with Gasteiger partial charge in [0.25, 0.3) is 0 Å². The topological polar surface area (TPSA) is 30.5 Å². The second-order valence-corrected chi connectivity index (χ2v) is 6.86. The van der Waals surface area contributed by atoms with Crippen molar-refractivity contribution >= 4 is 34.5 Å². The predicted octanol–water partition coefficient (Wildman–Crippen LogP) is 4.92. The van der Waals surface area contributed by atoms with E-state index >= 15 is 0 Å². The Bertz CT molecular complexity index is 616. The van der Waals surface area contributed by atoms with Gasteiger partial charge in [-0.25, -0.2) is 0 Å². The summed E-state index contributed by atoms with van der Waals surface area (Å²) in [4.78, 5) is 0. The van der Waals surface area contributed by atoms with Gasteiger partial charge in [-0.05, 0) is 36.2 Å². The molecule has 2 aromatic rings. The van der Waals surface area contributed by atoms with Gasteiger partial charge in [-0.3, -0.25) is 0 Å². The molecule has 1 aromatic carbocycles. The number of ether oxygens (including phenoxy) is 2. The fourth-order valence-corrected chi connectivity index (χ4v) is 3.67. The van der Waals surface area contributed by atoms with Crippen LogP contribution in [0.25, 0.3) is 0 Å². The molecule has 114 valence electrons. The van der Waals surface area contributed by atoms with Gasteiger partial charge in [0.15, 0.2) is 11.5 Å². The van der Waals surface area contributed by atoms with Crippen molar-refractivity contribution in [1.82, 2.24) is 5.32 Å². The summed E-state index contributed by atoms with van der Waals surface area (Å²) in [6.07, 6.45) is 0. The van der Waals surface area contributed by atoms with Crippen LogP contribution < -0.4 is 14.8 Å². The SMILES string of the molecule is COc1ccc(CNC(C)c2cc(Cl)sc2Cl)cc1OC. The zero-order valence-corrected chi connectivity index (χ0v) is 14.4. The molecule has 0 radical (unpaired) electrons. The van der Waals surface area contributed by atoms with Crippen molar-refractivity contribution in [3.8, 4) is 11.5 Å². The van der Waals surface area contributed by atoms with Gasteiger partial charge in [-0.15, -0.1) is 11.3 Å². The van der Waals surface area contributed by atoms with Crippen molar-refractivity contribution < 1.29 is 9.47 Å². The number of benzene rings is 1. The molecule has 0 aliphatic carbocycles. The Hall–Kier alpha value is -0.940. The highest BCUT2D eigenvalue weighted by Gasteiger charge is 2.13. The summed E-state index contributed by atoms with van der Waals surface area (Å²) in [6.45, 7) is 2.76. The van der Waals surface area contributed by atoms with Crippen molar-refractivity contribution in [2.75, 3.05) is 14.2 Å². The predicted molar refractivity (Wildman–Crippen MR) is 89.1 cm³/mol. The summed E-state index contributed by atoms with van der Waals surface area (Å²) < 4.78 is 12.0. The molecule has 1 heterocycles. The number of rotatable bonds is 6. The monoisotopic (exact) mass is 345 g/mol. The normalized spacial score (nSPS) is 12.2. The first-order valence-corrected chi connectivity index (χ1v) is 8.01.